The van der Waals surface area contributed by atoms with Crippen LogP contribution < -0.4 is 10.5 Å². The second-order valence-corrected chi connectivity index (χ2v) is 3.52. The molecule has 0 aliphatic rings. The summed E-state index contributed by atoms with van der Waals surface area (Å²) in [6.45, 7) is 0. The van der Waals surface area contributed by atoms with Crippen LogP contribution in [-0.2, 0) is 6.42 Å². The molecule has 0 aliphatic carbocycles. The molecule has 0 aliphatic heterocycles. The van der Waals surface area contributed by atoms with Crippen LogP contribution in [0.3, 0.4) is 0 Å². The second kappa shape index (κ2) is 3.74. The van der Waals surface area contributed by atoms with Gasteiger partial charge in [0.15, 0.2) is 0 Å². The molecule has 2 N–H and O–H groups in total. The minimum atomic E-state index is 0.211. The Labute approximate surface area is 83.5 Å². The Bertz CT molecular complexity index is 322. The van der Waals surface area contributed by atoms with Crippen molar-refractivity contribution >= 4 is 27.5 Å². The number of nitriles is 1. The molecule has 12 heavy (non-hydrogen) atoms. The van der Waals surface area contributed by atoms with Gasteiger partial charge in [-0.3, -0.25) is 0 Å². The molecule has 1 rings (SSSR count). The lowest BCUT2D eigenvalue weighted by Gasteiger charge is -1.96. The molecule has 1 aromatic heterocycles. The van der Waals surface area contributed by atoms with Gasteiger partial charge < -0.3 is 0 Å². The van der Waals surface area contributed by atoms with Gasteiger partial charge in [-0.25, -0.2) is 5.84 Å². The van der Waals surface area contributed by atoms with E-state index < -0.39 is 0 Å². The van der Waals surface area contributed by atoms with Gasteiger partial charge in [-0.05, 0) is 22.0 Å². The van der Waals surface area contributed by atoms with Crippen molar-refractivity contribution in [1.29, 1.82) is 5.26 Å². The Morgan fingerprint density at radius 3 is 2.92 bits per heavy atom. The molecule has 0 saturated carbocycles. The SMILES string of the molecule is N#CCc1c(Cl)cc(Br)c[n+]1N. The minimum Gasteiger partial charge on any atom is -0.205 e. The third-order valence-corrected chi connectivity index (χ3v) is 2.12. The zero-order valence-electron chi connectivity index (χ0n) is 6.09. The summed E-state index contributed by atoms with van der Waals surface area (Å²) in [5.74, 6) is 5.56. The van der Waals surface area contributed by atoms with Crippen LogP contribution in [0, 0.1) is 11.3 Å². The van der Waals surface area contributed by atoms with Gasteiger partial charge in [-0.2, -0.15) is 5.26 Å². The summed E-state index contributed by atoms with van der Waals surface area (Å²) in [6, 6.07) is 3.69. The highest BCUT2D eigenvalue weighted by Crippen LogP contribution is 2.17. The summed E-state index contributed by atoms with van der Waals surface area (Å²) in [5.41, 5.74) is 0.613. The van der Waals surface area contributed by atoms with E-state index in [1.54, 1.807) is 12.3 Å². The van der Waals surface area contributed by atoms with Gasteiger partial charge in [0.25, 0.3) is 0 Å². The van der Waals surface area contributed by atoms with Crippen molar-refractivity contribution in [3.8, 4) is 6.07 Å². The number of hydrogen-bond acceptors (Lipinski definition) is 2. The number of rotatable bonds is 1. The predicted molar refractivity (Wildman–Crippen MR) is 48.8 cm³/mol. The number of nitrogens with zero attached hydrogens (tertiary/aromatic N) is 2. The van der Waals surface area contributed by atoms with Gasteiger partial charge in [-0.15, -0.1) is 0 Å². The van der Waals surface area contributed by atoms with Crippen molar-refractivity contribution in [2.45, 2.75) is 6.42 Å². The first-order chi connectivity index (χ1) is 5.65. The average molecular weight is 248 g/mol. The Kier molecular flexibility index (Phi) is 2.90. The van der Waals surface area contributed by atoms with Gasteiger partial charge in [0.2, 0.25) is 11.9 Å². The van der Waals surface area contributed by atoms with Crippen molar-refractivity contribution in [3.05, 3.63) is 27.5 Å². The van der Waals surface area contributed by atoms with Crippen molar-refractivity contribution in [1.82, 2.24) is 0 Å². The largest absolute Gasteiger partial charge is 0.243 e. The lowest BCUT2D eigenvalue weighted by molar-refractivity contribution is -0.646. The topological polar surface area (TPSA) is 53.7 Å². The lowest BCUT2D eigenvalue weighted by atomic mass is 10.3. The molecule has 3 nitrogen and oxygen atoms in total. The fourth-order valence-electron chi connectivity index (χ4n) is 0.826. The molecule has 0 atom stereocenters. The highest BCUT2D eigenvalue weighted by Gasteiger charge is 2.13. The molecule has 1 aromatic rings. The van der Waals surface area contributed by atoms with Crippen LogP contribution in [0.4, 0.5) is 0 Å². The first-order valence-corrected chi connectivity index (χ1v) is 4.34. The van der Waals surface area contributed by atoms with E-state index in [4.69, 9.17) is 22.7 Å². The Hall–Kier alpha value is -0.790. The maximum Gasteiger partial charge on any atom is 0.243 e. The van der Waals surface area contributed by atoms with E-state index in [-0.39, 0.29) is 6.42 Å². The number of nitrogens with two attached hydrogens (primary N) is 1. The number of pyridine rings is 1. The maximum absolute atomic E-state index is 8.45. The Morgan fingerprint density at radius 1 is 1.75 bits per heavy atom. The van der Waals surface area contributed by atoms with Gasteiger partial charge >= 0.3 is 0 Å². The lowest BCUT2D eigenvalue weighted by Crippen LogP contribution is -2.48. The van der Waals surface area contributed by atoms with E-state index >= 15 is 0 Å². The zero-order valence-corrected chi connectivity index (χ0v) is 8.43. The summed E-state index contributed by atoms with van der Waals surface area (Å²) < 4.78 is 2.13. The van der Waals surface area contributed by atoms with Crippen LogP contribution in [0.5, 0.6) is 0 Å². The third-order valence-electron chi connectivity index (χ3n) is 1.36. The number of nitrogen functional groups attached to an aromatic ring is 1. The van der Waals surface area contributed by atoms with Crippen LogP contribution in [0.2, 0.25) is 5.02 Å². The van der Waals surface area contributed by atoms with Crippen LogP contribution in [0.1, 0.15) is 5.69 Å². The van der Waals surface area contributed by atoms with Gasteiger partial charge in [0.05, 0.1) is 10.5 Å². The second-order valence-electron chi connectivity index (χ2n) is 2.20. The summed E-state index contributed by atoms with van der Waals surface area (Å²) in [7, 11) is 0. The number of aromatic nitrogens is 1. The smallest absolute Gasteiger partial charge is 0.205 e. The minimum absolute atomic E-state index is 0.211. The maximum atomic E-state index is 8.45. The number of hydrogen-bond donors (Lipinski definition) is 1. The van der Waals surface area contributed by atoms with Gasteiger partial charge in [0.1, 0.15) is 11.4 Å². The molecular formula is C7H6BrClN3+. The van der Waals surface area contributed by atoms with Crippen molar-refractivity contribution < 1.29 is 4.68 Å². The third kappa shape index (κ3) is 1.87. The van der Waals surface area contributed by atoms with E-state index in [9.17, 15) is 0 Å². The molecular weight excluding hydrogens is 241 g/mol. The summed E-state index contributed by atoms with van der Waals surface area (Å²) in [5, 5.41) is 8.94. The molecule has 5 heteroatoms. The molecule has 0 aromatic carbocycles. The fourth-order valence-corrected chi connectivity index (χ4v) is 1.69. The Balaban J connectivity index is 3.21. The van der Waals surface area contributed by atoms with Crippen LogP contribution >= 0.6 is 27.5 Å². The van der Waals surface area contributed by atoms with E-state index in [2.05, 4.69) is 15.9 Å². The zero-order chi connectivity index (χ0) is 9.14. The molecule has 0 spiro atoms. The van der Waals surface area contributed by atoms with Crippen LogP contribution in [0.25, 0.3) is 0 Å². The first-order valence-electron chi connectivity index (χ1n) is 3.16. The quantitative estimate of drug-likeness (QED) is 0.598. The molecule has 0 saturated heterocycles. The van der Waals surface area contributed by atoms with E-state index in [1.807, 2.05) is 6.07 Å². The highest BCUT2D eigenvalue weighted by atomic mass is 79.9. The van der Waals surface area contributed by atoms with Crippen LogP contribution in [-0.4, -0.2) is 0 Å². The molecule has 0 fully saturated rings. The molecule has 62 valence electrons. The van der Waals surface area contributed by atoms with Crippen molar-refractivity contribution in [3.63, 3.8) is 0 Å². The predicted octanol–water partition coefficient (Wildman–Crippen LogP) is 1.17. The molecule has 0 bridgehead atoms. The van der Waals surface area contributed by atoms with Gasteiger partial charge in [-0.1, -0.05) is 16.3 Å². The summed E-state index contributed by atoms with van der Waals surface area (Å²) >= 11 is 9.06. The van der Waals surface area contributed by atoms with Crippen LogP contribution in [0.15, 0.2) is 16.7 Å². The normalized spacial score (nSPS) is 9.42. The highest BCUT2D eigenvalue weighted by molar-refractivity contribution is 9.10. The monoisotopic (exact) mass is 246 g/mol. The van der Waals surface area contributed by atoms with Gasteiger partial charge in [0, 0.05) is 0 Å². The fraction of sp³-hybridized carbons (Fsp3) is 0.143. The summed E-state index contributed by atoms with van der Waals surface area (Å²) in [6.07, 6.45) is 1.86. The average Bonchev–Trinajstić information content (AvgIpc) is 1.96. The Morgan fingerprint density at radius 2 is 2.42 bits per heavy atom. The standard InChI is InChI=1S/C7H6BrClN3/c8-5-3-6(9)7(1-2-10)12(11)4-5/h3-4H,1,11H2/q+1. The van der Waals surface area contributed by atoms with Crippen molar-refractivity contribution in [2.24, 2.45) is 0 Å². The molecule has 0 amide bonds. The molecule has 0 unspecified atom stereocenters. The van der Waals surface area contributed by atoms with Crippen molar-refractivity contribution in [2.75, 3.05) is 5.84 Å². The first kappa shape index (κ1) is 9.30. The molecule has 0 radical (unpaired) electrons. The summed E-state index contributed by atoms with van der Waals surface area (Å²) in [4.78, 5) is 0. The van der Waals surface area contributed by atoms with E-state index in [1.165, 1.54) is 4.68 Å². The molecule has 1 heterocycles. The van der Waals surface area contributed by atoms with E-state index in [0.29, 0.717) is 10.7 Å². The number of halogens is 2. The van der Waals surface area contributed by atoms with E-state index in [0.717, 1.165) is 4.47 Å².